The Balaban J connectivity index is -0.000000720. The number of esters is 2. The molecule has 0 aromatic heterocycles. The van der Waals surface area contributed by atoms with Crippen LogP contribution in [-0.4, -0.2) is 32.4 Å². The lowest BCUT2D eigenvalue weighted by Gasteiger charge is -2.03. The number of hydrogen-bond acceptors (Lipinski definition) is 5. The fraction of sp³-hybridized carbons (Fsp3) is 0.875. The molecule has 0 saturated carbocycles. The standard InChI is InChI=1S/C19H38O2.C19H36O2.C2H4O/c2*1-3-4-5-6-7-8-9-10-11-12-13-14-15-16-17-18-19(20)21-2;1-2-3/h3-18H2,1-2H3;10-11H,3-9,12-18H2,1-2H3;2H,1H3/b;11-10-;. The topological polar surface area (TPSA) is 69.7 Å². The average molecular weight is 639 g/mol. The number of rotatable bonds is 31. The Hall–Kier alpha value is -1.65. The molecule has 0 spiro atoms. The molecule has 0 heterocycles. The fourth-order valence-electron chi connectivity index (χ4n) is 5.18. The highest BCUT2D eigenvalue weighted by atomic mass is 16.5. The minimum Gasteiger partial charge on any atom is -0.469 e. The van der Waals surface area contributed by atoms with Gasteiger partial charge in [0.2, 0.25) is 0 Å². The summed E-state index contributed by atoms with van der Waals surface area (Å²) >= 11 is 0. The number of hydrogen-bond donors (Lipinski definition) is 0. The quantitative estimate of drug-likeness (QED) is 0.0327. The molecule has 0 bridgehead atoms. The first kappa shape index (κ1) is 47.8. The van der Waals surface area contributed by atoms with Crippen molar-refractivity contribution in [2.45, 2.75) is 213 Å². The molecule has 0 N–H and O–H groups in total. The molecule has 0 aromatic carbocycles. The third-order valence-corrected chi connectivity index (χ3v) is 8.08. The SMILES string of the molecule is CC=O.CCCCCCCC/C=C\CCCCCCCC(=O)OC.CCCCCCCCCCCCCCCCCC(=O)OC. The summed E-state index contributed by atoms with van der Waals surface area (Å²) in [5.41, 5.74) is 0. The third-order valence-electron chi connectivity index (χ3n) is 8.08. The van der Waals surface area contributed by atoms with Crippen LogP contribution in [0.1, 0.15) is 213 Å². The van der Waals surface area contributed by atoms with Crippen LogP contribution in [0.15, 0.2) is 12.2 Å². The summed E-state index contributed by atoms with van der Waals surface area (Å²) in [6.07, 6.45) is 43.7. The van der Waals surface area contributed by atoms with Crippen LogP contribution in [0.2, 0.25) is 0 Å². The van der Waals surface area contributed by atoms with Gasteiger partial charge in [-0.1, -0.05) is 167 Å². The van der Waals surface area contributed by atoms with Gasteiger partial charge in [-0.3, -0.25) is 9.59 Å². The van der Waals surface area contributed by atoms with Crippen LogP contribution in [0.3, 0.4) is 0 Å². The van der Waals surface area contributed by atoms with Crippen LogP contribution >= 0.6 is 0 Å². The second kappa shape index (κ2) is 46.8. The number of allylic oxidation sites excluding steroid dienone is 2. The predicted octanol–water partition coefficient (Wildman–Crippen LogP) is 12.8. The van der Waals surface area contributed by atoms with Crippen molar-refractivity contribution in [1.82, 2.24) is 0 Å². The molecule has 0 radical (unpaired) electrons. The van der Waals surface area contributed by atoms with E-state index in [2.05, 4.69) is 35.5 Å². The van der Waals surface area contributed by atoms with Gasteiger partial charge in [0.1, 0.15) is 6.29 Å². The van der Waals surface area contributed by atoms with Gasteiger partial charge in [-0.2, -0.15) is 0 Å². The summed E-state index contributed by atoms with van der Waals surface area (Å²) in [6.45, 7) is 5.99. The first-order valence-electron chi connectivity index (χ1n) is 19.2. The van der Waals surface area contributed by atoms with Crippen molar-refractivity contribution in [1.29, 1.82) is 0 Å². The molecule has 0 aromatic rings. The lowest BCUT2D eigenvalue weighted by molar-refractivity contribution is -0.141. The Bertz CT molecular complexity index is 601. The zero-order valence-corrected chi connectivity index (χ0v) is 31.0. The van der Waals surface area contributed by atoms with E-state index in [1.807, 2.05) is 0 Å². The van der Waals surface area contributed by atoms with Gasteiger partial charge in [-0.15, -0.1) is 0 Å². The van der Waals surface area contributed by atoms with Gasteiger partial charge in [-0.05, 0) is 45.4 Å². The van der Waals surface area contributed by atoms with Crippen LogP contribution in [0.5, 0.6) is 0 Å². The number of ether oxygens (including phenoxy) is 2. The molecule has 0 saturated heterocycles. The Labute approximate surface area is 281 Å². The molecule has 0 aliphatic carbocycles. The fourth-order valence-corrected chi connectivity index (χ4v) is 5.18. The number of carbonyl (C=O) groups is 3. The second-order valence-electron chi connectivity index (χ2n) is 12.4. The Morgan fingerprint density at radius 2 is 0.644 bits per heavy atom. The first-order chi connectivity index (χ1) is 22.0. The molecule has 0 fully saturated rings. The van der Waals surface area contributed by atoms with Gasteiger partial charge in [0, 0.05) is 12.8 Å². The lowest BCUT2D eigenvalue weighted by atomic mass is 10.0. The molecule has 5 heteroatoms. The van der Waals surface area contributed by atoms with Crippen molar-refractivity contribution in [3.63, 3.8) is 0 Å². The van der Waals surface area contributed by atoms with E-state index in [0.29, 0.717) is 12.8 Å². The largest absolute Gasteiger partial charge is 0.469 e. The van der Waals surface area contributed by atoms with Gasteiger partial charge in [0.15, 0.2) is 0 Å². The molecule has 0 amide bonds. The summed E-state index contributed by atoms with van der Waals surface area (Å²) in [7, 11) is 2.92. The second-order valence-corrected chi connectivity index (χ2v) is 12.4. The molecule has 0 unspecified atom stereocenters. The zero-order chi connectivity index (χ0) is 33.9. The Kier molecular flexibility index (Phi) is 49.6. The average Bonchev–Trinajstić information content (AvgIpc) is 3.05. The maximum Gasteiger partial charge on any atom is 0.305 e. The molecule has 268 valence electrons. The van der Waals surface area contributed by atoms with Crippen LogP contribution in [0.4, 0.5) is 0 Å². The van der Waals surface area contributed by atoms with Crippen molar-refractivity contribution in [2.75, 3.05) is 14.2 Å². The minimum atomic E-state index is -0.0763. The number of carbonyl (C=O) groups excluding carboxylic acids is 3. The molecule has 0 rings (SSSR count). The van der Waals surface area contributed by atoms with Crippen molar-refractivity contribution in [3.8, 4) is 0 Å². The van der Waals surface area contributed by atoms with E-state index in [1.54, 1.807) is 0 Å². The number of methoxy groups -OCH3 is 2. The van der Waals surface area contributed by atoms with Crippen molar-refractivity contribution in [2.24, 2.45) is 0 Å². The summed E-state index contributed by atoms with van der Waals surface area (Å²) < 4.78 is 9.25. The molecule has 45 heavy (non-hydrogen) atoms. The number of aldehydes is 1. The van der Waals surface area contributed by atoms with E-state index in [9.17, 15) is 9.59 Å². The summed E-state index contributed by atoms with van der Waals surface area (Å²) in [4.78, 5) is 30.6. The van der Waals surface area contributed by atoms with E-state index in [-0.39, 0.29) is 11.9 Å². The Morgan fingerprint density at radius 3 is 0.889 bits per heavy atom. The van der Waals surface area contributed by atoms with Gasteiger partial charge in [-0.25, -0.2) is 0 Å². The smallest absolute Gasteiger partial charge is 0.305 e. The van der Waals surface area contributed by atoms with Crippen LogP contribution in [0, 0.1) is 0 Å². The summed E-state index contributed by atoms with van der Waals surface area (Å²) in [6, 6.07) is 0. The molecule has 0 aliphatic rings. The third kappa shape index (κ3) is 52.2. The predicted molar refractivity (Wildman–Crippen MR) is 195 cm³/mol. The van der Waals surface area contributed by atoms with Gasteiger partial charge < -0.3 is 14.3 Å². The van der Waals surface area contributed by atoms with E-state index in [0.717, 1.165) is 25.5 Å². The highest BCUT2D eigenvalue weighted by Gasteiger charge is 2.00. The van der Waals surface area contributed by atoms with E-state index in [4.69, 9.17) is 4.79 Å². The van der Waals surface area contributed by atoms with Crippen molar-refractivity contribution < 1.29 is 23.9 Å². The molecule has 5 nitrogen and oxygen atoms in total. The molecular weight excluding hydrogens is 560 g/mol. The van der Waals surface area contributed by atoms with Gasteiger partial charge >= 0.3 is 11.9 Å². The first-order valence-corrected chi connectivity index (χ1v) is 19.2. The van der Waals surface area contributed by atoms with Crippen molar-refractivity contribution >= 4 is 18.2 Å². The highest BCUT2D eigenvalue weighted by molar-refractivity contribution is 5.69. The van der Waals surface area contributed by atoms with Crippen LogP contribution in [-0.2, 0) is 23.9 Å². The molecule has 0 atom stereocenters. The zero-order valence-electron chi connectivity index (χ0n) is 31.0. The normalized spacial score (nSPS) is 10.5. The lowest BCUT2D eigenvalue weighted by Crippen LogP contribution is -1.99. The van der Waals surface area contributed by atoms with Crippen LogP contribution < -0.4 is 0 Å². The van der Waals surface area contributed by atoms with Gasteiger partial charge in [0.25, 0.3) is 0 Å². The minimum absolute atomic E-state index is 0.0651. The van der Waals surface area contributed by atoms with E-state index in [1.165, 1.54) is 182 Å². The monoisotopic (exact) mass is 639 g/mol. The number of unbranched alkanes of at least 4 members (excludes halogenated alkanes) is 25. The van der Waals surface area contributed by atoms with E-state index >= 15 is 0 Å². The maximum absolute atomic E-state index is 10.9. The van der Waals surface area contributed by atoms with Gasteiger partial charge in [0.05, 0.1) is 14.2 Å². The summed E-state index contributed by atoms with van der Waals surface area (Å²) in [5, 5.41) is 0. The highest BCUT2D eigenvalue weighted by Crippen LogP contribution is 2.14. The molecule has 0 aliphatic heterocycles. The molecular formula is C40H78O5. The summed E-state index contributed by atoms with van der Waals surface area (Å²) in [5.74, 6) is -0.141. The van der Waals surface area contributed by atoms with E-state index < -0.39 is 0 Å². The van der Waals surface area contributed by atoms with Crippen LogP contribution in [0.25, 0.3) is 0 Å². The maximum atomic E-state index is 10.9. The van der Waals surface area contributed by atoms with Crippen molar-refractivity contribution in [3.05, 3.63) is 12.2 Å². The Morgan fingerprint density at radius 1 is 0.422 bits per heavy atom.